The average Bonchev–Trinajstić information content (AvgIpc) is 3.84. The molecule has 8 rings (SSSR count). The van der Waals surface area contributed by atoms with Crippen LogP contribution < -0.4 is 15.4 Å². The van der Waals surface area contributed by atoms with E-state index in [0.717, 1.165) is 55.6 Å². The Morgan fingerprint density at radius 3 is 2.59 bits per heavy atom. The normalized spacial score (nSPS) is 24.6. The van der Waals surface area contributed by atoms with E-state index in [1.54, 1.807) is 7.11 Å². The number of hydrogen-bond acceptors (Lipinski definition) is 12. The molecule has 4 aliphatic rings. The van der Waals surface area contributed by atoms with Gasteiger partial charge in [-0.05, 0) is 44.4 Å². The summed E-state index contributed by atoms with van der Waals surface area (Å²) in [5.41, 5.74) is 7.67. The Morgan fingerprint density at radius 2 is 1.90 bits per heavy atom. The number of thiophene rings is 1. The first-order chi connectivity index (χ1) is 23.7. The second-order valence-corrected chi connectivity index (χ2v) is 14.7. The maximum Gasteiger partial charge on any atom is 0.319 e. The van der Waals surface area contributed by atoms with Gasteiger partial charge in [0.05, 0.1) is 46.9 Å². The van der Waals surface area contributed by atoms with Gasteiger partial charge in [-0.1, -0.05) is 0 Å². The molecule has 4 aromatic rings. The van der Waals surface area contributed by atoms with Crippen molar-refractivity contribution in [1.29, 1.82) is 5.26 Å². The SMILES string of the molecule is COC(C)CN1CC2CCC(C1)N2c1nc(OC[C@@H]2C[C@@H](F)CN2C)nc2c(F)c(-c3ncc(F)c4sc(N)c(C#N)c34)c3c(c12)COC3. The number of nitrogens with two attached hydrogens (primary N) is 1. The maximum absolute atomic E-state index is 17.4. The van der Waals surface area contributed by atoms with Crippen molar-refractivity contribution in [2.75, 3.05) is 57.6 Å². The smallest absolute Gasteiger partial charge is 0.319 e. The Balaban J connectivity index is 1.31. The van der Waals surface area contributed by atoms with Crippen LogP contribution in [0.15, 0.2) is 6.20 Å². The molecule has 3 aromatic heterocycles. The highest BCUT2D eigenvalue weighted by Crippen LogP contribution is 2.48. The van der Waals surface area contributed by atoms with Gasteiger partial charge in [0.15, 0.2) is 11.6 Å². The number of nitriles is 1. The van der Waals surface area contributed by atoms with Crippen LogP contribution in [0.2, 0.25) is 0 Å². The minimum atomic E-state index is -0.952. The van der Waals surface area contributed by atoms with E-state index >= 15 is 4.39 Å². The number of pyridine rings is 1. The minimum absolute atomic E-state index is 0.00791. The molecule has 15 heteroatoms. The number of benzene rings is 1. The summed E-state index contributed by atoms with van der Waals surface area (Å²) in [6, 6.07) is 2.11. The summed E-state index contributed by atoms with van der Waals surface area (Å²) in [7, 11) is 3.56. The van der Waals surface area contributed by atoms with Gasteiger partial charge in [0, 0.05) is 62.4 Å². The Kier molecular flexibility index (Phi) is 8.27. The van der Waals surface area contributed by atoms with Crippen molar-refractivity contribution in [3.8, 4) is 23.3 Å². The fourth-order valence-corrected chi connectivity index (χ4v) is 9.10. The summed E-state index contributed by atoms with van der Waals surface area (Å²) in [6.45, 7) is 5.17. The van der Waals surface area contributed by atoms with Crippen LogP contribution >= 0.6 is 11.3 Å². The zero-order valence-corrected chi connectivity index (χ0v) is 28.3. The molecule has 2 bridgehead atoms. The highest BCUT2D eigenvalue weighted by Gasteiger charge is 2.43. The van der Waals surface area contributed by atoms with Crippen LogP contribution in [0.4, 0.5) is 24.0 Å². The van der Waals surface area contributed by atoms with Gasteiger partial charge in [-0.15, -0.1) is 11.3 Å². The summed E-state index contributed by atoms with van der Waals surface area (Å²) >= 11 is 0.928. The van der Waals surface area contributed by atoms with E-state index < -0.39 is 17.8 Å². The molecular weight excluding hydrogens is 657 g/mol. The predicted molar refractivity (Wildman–Crippen MR) is 179 cm³/mol. The fourth-order valence-electron chi connectivity index (χ4n) is 8.18. The van der Waals surface area contributed by atoms with Crippen LogP contribution in [0.1, 0.15) is 42.9 Å². The minimum Gasteiger partial charge on any atom is -0.462 e. The number of ether oxygens (including phenoxy) is 3. The Bertz CT molecular complexity index is 1990. The average molecular weight is 695 g/mol. The molecular formula is C34H37F3N8O3S. The lowest BCUT2D eigenvalue weighted by atomic mass is 9.93. The molecule has 5 atom stereocenters. The van der Waals surface area contributed by atoms with Gasteiger partial charge in [-0.3, -0.25) is 14.8 Å². The Hall–Kier alpha value is -3.81. The van der Waals surface area contributed by atoms with Gasteiger partial charge < -0.3 is 24.8 Å². The van der Waals surface area contributed by atoms with E-state index in [-0.39, 0.29) is 87.5 Å². The zero-order valence-electron chi connectivity index (χ0n) is 27.5. The molecule has 0 spiro atoms. The van der Waals surface area contributed by atoms with Crippen molar-refractivity contribution in [3.05, 3.63) is 34.5 Å². The molecule has 3 fully saturated rings. The van der Waals surface area contributed by atoms with Crippen LogP contribution in [0.25, 0.3) is 32.2 Å². The molecule has 0 radical (unpaired) electrons. The summed E-state index contributed by atoms with van der Waals surface area (Å²) in [6.07, 6.45) is 2.38. The van der Waals surface area contributed by atoms with Crippen LogP contribution in [0.3, 0.4) is 0 Å². The number of likely N-dealkylation sites (N-methyl/N-ethyl adjacent to an activating group) is 1. The molecule has 11 nitrogen and oxygen atoms in total. The molecule has 2 N–H and O–H groups in total. The van der Waals surface area contributed by atoms with Crippen molar-refractivity contribution in [3.63, 3.8) is 0 Å². The molecule has 0 saturated carbocycles. The van der Waals surface area contributed by atoms with E-state index in [2.05, 4.69) is 32.8 Å². The highest BCUT2D eigenvalue weighted by molar-refractivity contribution is 7.23. The van der Waals surface area contributed by atoms with Crippen molar-refractivity contribution in [2.24, 2.45) is 0 Å². The third kappa shape index (κ3) is 5.36. The number of likely N-dealkylation sites (tertiary alicyclic amines) is 2. The maximum atomic E-state index is 17.4. The zero-order chi connectivity index (χ0) is 34.1. The van der Waals surface area contributed by atoms with Crippen LogP contribution in [0, 0.1) is 23.0 Å². The topological polar surface area (TPSA) is 126 Å². The predicted octanol–water partition coefficient (Wildman–Crippen LogP) is 4.78. The monoisotopic (exact) mass is 694 g/mol. The lowest BCUT2D eigenvalue weighted by Crippen LogP contribution is -2.55. The number of methoxy groups -OCH3 is 1. The van der Waals surface area contributed by atoms with Crippen LogP contribution in [-0.4, -0.2) is 102 Å². The number of halogens is 3. The van der Waals surface area contributed by atoms with Gasteiger partial charge >= 0.3 is 6.01 Å². The van der Waals surface area contributed by atoms with Crippen molar-refractivity contribution < 1.29 is 27.4 Å². The van der Waals surface area contributed by atoms with Crippen molar-refractivity contribution in [1.82, 2.24) is 24.8 Å². The second-order valence-electron chi connectivity index (χ2n) is 13.6. The van der Waals surface area contributed by atoms with Gasteiger partial charge in [0.1, 0.15) is 35.2 Å². The lowest BCUT2D eigenvalue weighted by molar-refractivity contribution is 0.0687. The quantitative estimate of drug-likeness (QED) is 0.274. The van der Waals surface area contributed by atoms with E-state index in [0.29, 0.717) is 29.7 Å². The van der Waals surface area contributed by atoms with Gasteiger partial charge in [-0.25, -0.2) is 13.2 Å². The number of rotatable bonds is 8. The number of aromatic nitrogens is 3. The van der Waals surface area contributed by atoms with Gasteiger partial charge in [0.2, 0.25) is 0 Å². The number of alkyl halides is 1. The number of anilines is 2. The molecule has 0 amide bonds. The number of nitrogen functional groups attached to an aromatic ring is 1. The summed E-state index contributed by atoms with van der Waals surface area (Å²) in [5.74, 6) is -0.756. The largest absolute Gasteiger partial charge is 0.462 e. The van der Waals surface area contributed by atoms with E-state index in [1.807, 2.05) is 11.9 Å². The first-order valence-electron chi connectivity index (χ1n) is 16.6. The van der Waals surface area contributed by atoms with Crippen molar-refractivity contribution in [2.45, 2.75) is 69.8 Å². The summed E-state index contributed by atoms with van der Waals surface area (Å²) in [4.78, 5) is 20.6. The number of fused-ring (bicyclic) bond motifs is 6. The summed E-state index contributed by atoms with van der Waals surface area (Å²) in [5, 5.41) is 10.8. The van der Waals surface area contributed by atoms with E-state index in [1.165, 1.54) is 0 Å². The number of nitrogens with zero attached hydrogens (tertiary/aromatic N) is 7. The first-order valence-corrected chi connectivity index (χ1v) is 17.4. The molecule has 3 saturated heterocycles. The number of hydrogen-bond donors (Lipinski definition) is 1. The molecule has 1 aromatic carbocycles. The lowest BCUT2D eigenvalue weighted by Gasteiger charge is -2.43. The van der Waals surface area contributed by atoms with Gasteiger partial charge in [0.25, 0.3) is 0 Å². The third-order valence-corrected chi connectivity index (χ3v) is 11.6. The highest BCUT2D eigenvalue weighted by atomic mass is 32.1. The molecule has 49 heavy (non-hydrogen) atoms. The standard InChI is InChI=1S/C34H37F3N8O3S/c1-16(46-3)9-44-11-18-4-5-19(12-44)45(18)33-27-23-15-47-14-22(23)25(29-26-21(7-38)32(39)49-31(26)24(36)8-40-29)28(37)30(27)41-34(42-33)48-13-20-6-17(35)10-43(20)2/h8,16-20H,4-6,9-15,39H2,1-3H3/t16?,17-,18?,19?,20+/m1/s1. The van der Waals surface area contributed by atoms with Crippen LogP contribution in [-0.2, 0) is 22.7 Å². The van der Waals surface area contributed by atoms with Crippen molar-refractivity contribution >= 4 is 43.1 Å². The Labute approximate surface area is 285 Å². The molecule has 0 aliphatic carbocycles. The molecule has 258 valence electrons. The molecule has 4 aliphatic heterocycles. The fraction of sp³-hybridized carbons (Fsp3) is 0.529. The van der Waals surface area contributed by atoms with E-state index in [4.69, 9.17) is 24.9 Å². The Morgan fingerprint density at radius 1 is 1.14 bits per heavy atom. The van der Waals surface area contributed by atoms with Gasteiger partial charge in [-0.2, -0.15) is 15.2 Å². The number of piperazine rings is 1. The second kappa shape index (κ2) is 12.5. The molecule has 3 unspecified atom stereocenters. The van der Waals surface area contributed by atoms with Crippen LogP contribution in [0.5, 0.6) is 6.01 Å². The summed E-state index contributed by atoms with van der Waals surface area (Å²) < 4.78 is 64.4. The third-order valence-electron chi connectivity index (χ3n) is 10.6. The first kappa shape index (κ1) is 32.4. The molecule has 7 heterocycles. The van der Waals surface area contributed by atoms with E-state index in [9.17, 15) is 14.0 Å².